The van der Waals surface area contributed by atoms with Gasteiger partial charge in [0.15, 0.2) is 0 Å². The van der Waals surface area contributed by atoms with E-state index in [1.165, 1.54) is 0 Å². The zero-order valence-corrected chi connectivity index (χ0v) is 12.2. The minimum absolute atomic E-state index is 0.101. The van der Waals surface area contributed by atoms with Gasteiger partial charge in [-0.15, -0.1) is 0 Å². The number of rotatable bonds is 3. The summed E-state index contributed by atoms with van der Waals surface area (Å²) in [5, 5.41) is 0. The number of nitrogen functional groups attached to an aromatic ring is 1. The lowest BCUT2D eigenvalue weighted by molar-refractivity contribution is 0.158. The second-order valence-corrected chi connectivity index (χ2v) is 6.08. The number of ether oxygens (including phenoxy) is 1. The highest BCUT2D eigenvalue weighted by Gasteiger charge is 2.31. The minimum atomic E-state index is -3.97. The Hall–Kier alpha value is -1.96. The molecule has 0 saturated heterocycles. The molecule has 1 aliphatic rings. The molecule has 1 heterocycles. The Labute approximate surface area is 117 Å². The van der Waals surface area contributed by atoms with E-state index in [0.717, 1.165) is 15.4 Å². The lowest BCUT2D eigenvalue weighted by atomic mass is 10.1. The van der Waals surface area contributed by atoms with E-state index in [1.807, 2.05) is 17.7 Å². The molecule has 0 saturated carbocycles. The maximum Gasteiger partial charge on any atom is 0.422 e. The summed E-state index contributed by atoms with van der Waals surface area (Å²) < 4.78 is 31.9. The van der Waals surface area contributed by atoms with Gasteiger partial charge in [0, 0.05) is 12.2 Å². The van der Waals surface area contributed by atoms with Crippen LogP contribution in [0.4, 0.5) is 16.2 Å². The third-order valence-electron chi connectivity index (χ3n) is 3.10. The predicted molar refractivity (Wildman–Crippen MR) is 75.7 cm³/mol. The fourth-order valence-corrected chi connectivity index (χ4v) is 3.26. The van der Waals surface area contributed by atoms with E-state index in [2.05, 4.69) is 4.74 Å². The topological polar surface area (TPSA) is 102 Å². The SMILES string of the molecule is CCOC(=O)NS(=O)(=O)N1CCc2cc(C)c(N)cc21. The molecule has 7 nitrogen and oxygen atoms in total. The van der Waals surface area contributed by atoms with Crippen molar-refractivity contribution in [3.63, 3.8) is 0 Å². The largest absolute Gasteiger partial charge is 0.449 e. The average molecular weight is 299 g/mol. The van der Waals surface area contributed by atoms with Gasteiger partial charge in [0.05, 0.1) is 12.3 Å². The van der Waals surface area contributed by atoms with Gasteiger partial charge in [0.25, 0.3) is 0 Å². The number of hydrogen-bond donors (Lipinski definition) is 2. The zero-order valence-electron chi connectivity index (χ0n) is 11.3. The van der Waals surface area contributed by atoms with Crippen LogP contribution in [0.2, 0.25) is 0 Å². The molecule has 1 aromatic carbocycles. The van der Waals surface area contributed by atoms with E-state index >= 15 is 0 Å². The van der Waals surface area contributed by atoms with Crippen LogP contribution in [0.5, 0.6) is 0 Å². The maximum absolute atomic E-state index is 12.2. The third-order valence-corrected chi connectivity index (χ3v) is 4.48. The number of nitrogens with zero attached hydrogens (tertiary/aromatic N) is 1. The Morgan fingerprint density at radius 1 is 1.50 bits per heavy atom. The minimum Gasteiger partial charge on any atom is -0.449 e. The van der Waals surface area contributed by atoms with E-state index < -0.39 is 16.3 Å². The van der Waals surface area contributed by atoms with Gasteiger partial charge in [-0.25, -0.2) is 9.52 Å². The number of nitrogens with one attached hydrogen (secondary N) is 1. The first-order valence-electron chi connectivity index (χ1n) is 6.21. The molecule has 1 aromatic rings. The normalized spacial score (nSPS) is 14.0. The van der Waals surface area contributed by atoms with Crippen LogP contribution in [0.3, 0.4) is 0 Å². The van der Waals surface area contributed by atoms with Crippen LogP contribution in [-0.4, -0.2) is 27.7 Å². The predicted octanol–water partition coefficient (Wildman–Crippen LogP) is 0.931. The molecule has 8 heteroatoms. The molecule has 20 heavy (non-hydrogen) atoms. The Kier molecular flexibility index (Phi) is 3.76. The van der Waals surface area contributed by atoms with Crippen molar-refractivity contribution in [1.29, 1.82) is 0 Å². The first-order valence-corrected chi connectivity index (χ1v) is 7.65. The first kappa shape index (κ1) is 14.4. The van der Waals surface area contributed by atoms with Gasteiger partial charge in [-0.3, -0.25) is 4.31 Å². The molecule has 0 aromatic heterocycles. The quantitative estimate of drug-likeness (QED) is 0.808. The summed E-state index contributed by atoms with van der Waals surface area (Å²) in [5.74, 6) is 0. The molecular weight excluding hydrogens is 282 g/mol. The van der Waals surface area contributed by atoms with Crippen LogP contribution in [0.25, 0.3) is 0 Å². The summed E-state index contributed by atoms with van der Waals surface area (Å²) in [6.07, 6.45) is -0.402. The lowest BCUT2D eigenvalue weighted by Crippen LogP contribution is -2.43. The first-order chi connectivity index (χ1) is 9.35. The van der Waals surface area contributed by atoms with Crippen LogP contribution < -0.4 is 14.8 Å². The van der Waals surface area contributed by atoms with Crippen LogP contribution in [-0.2, 0) is 21.4 Å². The number of fused-ring (bicyclic) bond motifs is 1. The van der Waals surface area contributed by atoms with E-state index in [0.29, 0.717) is 17.8 Å². The number of carbonyl (C=O) groups excluding carboxylic acids is 1. The van der Waals surface area contributed by atoms with Gasteiger partial charge < -0.3 is 10.5 Å². The third kappa shape index (κ3) is 2.64. The monoisotopic (exact) mass is 299 g/mol. The molecule has 3 N–H and O–H groups in total. The molecule has 0 fully saturated rings. The molecule has 110 valence electrons. The molecule has 0 bridgehead atoms. The molecule has 0 aliphatic carbocycles. The highest BCUT2D eigenvalue weighted by atomic mass is 32.2. The Morgan fingerprint density at radius 2 is 2.20 bits per heavy atom. The van der Waals surface area contributed by atoms with Gasteiger partial charge in [0.1, 0.15) is 0 Å². The number of hydrogen-bond acceptors (Lipinski definition) is 5. The van der Waals surface area contributed by atoms with E-state index in [4.69, 9.17) is 5.73 Å². The standard InChI is InChI=1S/C12H17N3O4S/c1-3-19-12(16)14-20(17,18)15-5-4-9-6-8(2)10(13)7-11(9)15/h6-7H,3-5,13H2,1-2H3,(H,14,16). The van der Waals surface area contributed by atoms with Gasteiger partial charge in [-0.2, -0.15) is 8.42 Å². The highest BCUT2D eigenvalue weighted by molar-refractivity contribution is 7.91. The van der Waals surface area contributed by atoms with Crippen LogP contribution >= 0.6 is 0 Å². The van der Waals surface area contributed by atoms with E-state index in [1.54, 1.807) is 13.0 Å². The maximum atomic E-state index is 12.2. The molecular formula is C12H17N3O4S. The van der Waals surface area contributed by atoms with Crippen molar-refractivity contribution in [2.45, 2.75) is 20.3 Å². The fraction of sp³-hybridized carbons (Fsp3) is 0.417. The van der Waals surface area contributed by atoms with E-state index in [9.17, 15) is 13.2 Å². The fourth-order valence-electron chi connectivity index (χ4n) is 2.12. The molecule has 0 radical (unpaired) electrons. The van der Waals surface area contributed by atoms with Crippen LogP contribution in [0, 0.1) is 6.92 Å². The summed E-state index contributed by atoms with van der Waals surface area (Å²) in [6.45, 7) is 3.83. The summed E-state index contributed by atoms with van der Waals surface area (Å²) >= 11 is 0. The summed E-state index contributed by atoms with van der Waals surface area (Å²) in [5.41, 5.74) is 8.63. The van der Waals surface area contributed by atoms with Crippen LogP contribution in [0.1, 0.15) is 18.1 Å². The summed E-state index contributed by atoms with van der Waals surface area (Å²) in [4.78, 5) is 11.3. The lowest BCUT2D eigenvalue weighted by Gasteiger charge is -2.20. The molecule has 0 unspecified atom stereocenters. The zero-order chi connectivity index (χ0) is 14.9. The Balaban J connectivity index is 2.29. The molecule has 1 amide bonds. The smallest absolute Gasteiger partial charge is 0.422 e. The molecule has 1 aliphatic heterocycles. The summed E-state index contributed by atoms with van der Waals surface area (Å²) in [6, 6.07) is 3.48. The van der Waals surface area contributed by atoms with Crippen LogP contribution in [0.15, 0.2) is 12.1 Å². The van der Waals surface area contributed by atoms with Crippen molar-refractivity contribution in [3.05, 3.63) is 23.3 Å². The van der Waals surface area contributed by atoms with Crippen molar-refractivity contribution in [1.82, 2.24) is 4.72 Å². The van der Waals surface area contributed by atoms with Crippen molar-refractivity contribution >= 4 is 27.7 Å². The Bertz CT molecular complexity index is 642. The average Bonchev–Trinajstić information content (AvgIpc) is 2.72. The summed E-state index contributed by atoms with van der Waals surface area (Å²) in [7, 11) is -3.97. The van der Waals surface area contributed by atoms with Gasteiger partial charge >= 0.3 is 16.3 Å². The number of aryl methyl sites for hydroxylation is 1. The van der Waals surface area contributed by atoms with Crippen molar-refractivity contribution in [2.75, 3.05) is 23.2 Å². The number of anilines is 2. The number of amides is 1. The number of benzene rings is 1. The van der Waals surface area contributed by atoms with Gasteiger partial charge in [-0.1, -0.05) is 6.07 Å². The highest BCUT2D eigenvalue weighted by Crippen LogP contribution is 2.33. The number of carbonyl (C=O) groups is 1. The molecule has 0 spiro atoms. The second kappa shape index (κ2) is 5.20. The van der Waals surface area contributed by atoms with Gasteiger partial charge in [0.2, 0.25) is 0 Å². The Morgan fingerprint density at radius 3 is 2.85 bits per heavy atom. The van der Waals surface area contributed by atoms with Crippen molar-refractivity contribution in [2.24, 2.45) is 0 Å². The van der Waals surface area contributed by atoms with E-state index in [-0.39, 0.29) is 13.2 Å². The molecule has 2 rings (SSSR count). The number of nitrogens with two attached hydrogens (primary N) is 1. The second-order valence-electron chi connectivity index (χ2n) is 4.49. The molecule has 0 atom stereocenters. The van der Waals surface area contributed by atoms with Crippen molar-refractivity contribution in [3.8, 4) is 0 Å². The van der Waals surface area contributed by atoms with Gasteiger partial charge in [-0.05, 0) is 37.5 Å². The van der Waals surface area contributed by atoms with Crippen molar-refractivity contribution < 1.29 is 17.9 Å².